The predicted molar refractivity (Wildman–Crippen MR) is 103 cm³/mol. The molecule has 1 amide bonds. The van der Waals surface area contributed by atoms with E-state index in [9.17, 15) is 4.79 Å². The minimum Gasteiger partial charge on any atom is -0.342 e. The topological polar surface area (TPSA) is 46.3 Å². The lowest BCUT2D eigenvalue weighted by molar-refractivity contribution is 0.0792. The van der Waals surface area contributed by atoms with Crippen molar-refractivity contribution in [2.45, 2.75) is 77.7 Å². The van der Waals surface area contributed by atoms with Gasteiger partial charge in [0.2, 0.25) is 0 Å². The van der Waals surface area contributed by atoms with E-state index < -0.39 is 0 Å². The van der Waals surface area contributed by atoms with Crippen LogP contribution < -0.4 is 5.73 Å². The number of carbonyl (C=O) groups is 1. The Hall–Kier alpha value is -1.35. The lowest BCUT2D eigenvalue weighted by Crippen LogP contribution is -2.27. The molecule has 0 fully saturated rings. The molecule has 3 heteroatoms. The monoisotopic (exact) mass is 332 g/mol. The molecule has 136 valence electrons. The largest absolute Gasteiger partial charge is 0.342 e. The number of nitrogens with two attached hydrogens (primary N) is 1. The minimum absolute atomic E-state index is 0.106. The highest BCUT2D eigenvalue weighted by Crippen LogP contribution is 2.11. The van der Waals surface area contributed by atoms with Crippen LogP contribution in [0.1, 0.15) is 87.1 Å². The molecule has 1 aromatic carbocycles. The second kappa shape index (κ2) is 13.0. The summed E-state index contributed by atoms with van der Waals surface area (Å²) in [6.45, 7) is 3.62. The Labute approximate surface area is 148 Å². The summed E-state index contributed by atoms with van der Waals surface area (Å²) in [4.78, 5) is 14.2. The molecule has 3 nitrogen and oxygen atoms in total. The second-order valence-electron chi connectivity index (χ2n) is 6.81. The van der Waals surface area contributed by atoms with E-state index in [1.54, 1.807) is 0 Å². The summed E-state index contributed by atoms with van der Waals surface area (Å²) in [7, 11) is 1.90. The minimum atomic E-state index is 0.106. The maximum atomic E-state index is 12.3. The highest BCUT2D eigenvalue weighted by molar-refractivity contribution is 5.94. The van der Waals surface area contributed by atoms with Crippen LogP contribution in [0.5, 0.6) is 0 Å². The average molecular weight is 333 g/mol. The molecule has 24 heavy (non-hydrogen) atoms. The Morgan fingerprint density at radius 2 is 1.38 bits per heavy atom. The highest BCUT2D eigenvalue weighted by atomic mass is 16.2. The van der Waals surface area contributed by atoms with Crippen LogP contribution in [0.3, 0.4) is 0 Å². The molecule has 0 atom stereocenters. The molecule has 0 aromatic heterocycles. The maximum Gasteiger partial charge on any atom is 0.253 e. The summed E-state index contributed by atoms with van der Waals surface area (Å²) in [6, 6.07) is 7.61. The molecule has 1 aromatic rings. The van der Waals surface area contributed by atoms with Crippen LogP contribution in [0.4, 0.5) is 0 Å². The zero-order chi connectivity index (χ0) is 17.6. The van der Waals surface area contributed by atoms with E-state index in [1.807, 2.05) is 36.2 Å². The maximum absolute atomic E-state index is 12.3. The fourth-order valence-corrected chi connectivity index (χ4v) is 2.94. The Balaban J connectivity index is 2.08. The molecule has 2 N–H and O–H groups in total. The quantitative estimate of drug-likeness (QED) is 0.508. The number of amides is 1. The smallest absolute Gasteiger partial charge is 0.253 e. The van der Waals surface area contributed by atoms with Gasteiger partial charge in [0.15, 0.2) is 0 Å². The van der Waals surface area contributed by atoms with Gasteiger partial charge in [-0.2, -0.15) is 0 Å². The van der Waals surface area contributed by atoms with Crippen LogP contribution in [0, 0.1) is 0 Å². The van der Waals surface area contributed by atoms with Gasteiger partial charge in [-0.15, -0.1) is 0 Å². The highest BCUT2D eigenvalue weighted by Gasteiger charge is 2.10. The summed E-state index contributed by atoms with van der Waals surface area (Å²) in [5.41, 5.74) is 7.40. The predicted octanol–water partition coefficient (Wildman–Crippen LogP) is 5.14. The molecule has 0 bridgehead atoms. The molecule has 0 saturated heterocycles. The molecular formula is C21H36N2O. The van der Waals surface area contributed by atoms with Crippen molar-refractivity contribution in [2.75, 3.05) is 13.6 Å². The van der Waals surface area contributed by atoms with Gasteiger partial charge in [0.1, 0.15) is 0 Å². The standard InChI is InChI=1S/C21H36N2O/c1-3-4-5-6-7-8-9-10-11-12-17-23(2)21(24)20-15-13-19(18-22)14-16-20/h13-16H,3-12,17-18,22H2,1-2H3. The third kappa shape index (κ3) is 8.49. The molecule has 0 unspecified atom stereocenters. The van der Waals surface area contributed by atoms with Crippen molar-refractivity contribution in [3.05, 3.63) is 35.4 Å². The molecule has 0 radical (unpaired) electrons. The number of hydrogen-bond donors (Lipinski definition) is 1. The number of unbranched alkanes of at least 4 members (excludes halogenated alkanes) is 9. The van der Waals surface area contributed by atoms with Crippen LogP contribution in [0.25, 0.3) is 0 Å². The fraction of sp³-hybridized carbons (Fsp3) is 0.667. The molecule has 0 aliphatic rings. The number of nitrogens with zero attached hydrogens (tertiary/aromatic N) is 1. The normalized spacial score (nSPS) is 10.8. The number of hydrogen-bond acceptors (Lipinski definition) is 2. The number of carbonyl (C=O) groups excluding carboxylic acids is 1. The molecule has 0 spiro atoms. The van der Waals surface area contributed by atoms with E-state index in [1.165, 1.54) is 57.8 Å². The van der Waals surface area contributed by atoms with E-state index in [0.29, 0.717) is 6.54 Å². The van der Waals surface area contributed by atoms with E-state index in [4.69, 9.17) is 5.73 Å². The van der Waals surface area contributed by atoms with Gasteiger partial charge in [0.25, 0.3) is 5.91 Å². The van der Waals surface area contributed by atoms with E-state index in [-0.39, 0.29) is 5.91 Å². The summed E-state index contributed by atoms with van der Waals surface area (Å²) in [5, 5.41) is 0. The lowest BCUT2D eigenvalue weighted by atomic mass is 10.1. The van der Waals surface area contributed by atoms with Crippen molar-refractivity contribution in [1.29, 1.82) is 0 Å². The van der Waals surface area contributed by atoms with Gasteiger partial charge in [0.05, 0.1) is 0 Å². The van der Waals surface area contributed by atoms with Gasteiger partial charge in [0, 0.05) is 25.7 Å². The van der Waals surface area contributed by atoms with Gasteiger partial charge in [-0.25, -0.2) is 0 Å². The summed E-state index contributed by atoms with van der Waals surface area (Å²) in [5.74, 6) is 0.106. The third-order valence-electron chi connectivity index (χ3n) is 4.63. The van der Waals surface area contributed by atoms with Crippen LogP contribution in [-0.2, 0) is 6.54 Å². The van der Waals surface area contributed by atoms with Crippen molar-refractivity contribution in [1.82, 2.24) is 4.90 Å². The van der Waals surface area contributed by atoms with E-state index in [0.717, 1.165) is 24.1 Å². The molecule has 0 aliphatic carbocycles. The SMILES string of the molecule is CCCCCCCCCCCCN(C)C(=O)c1ccc(CN)cc1. The number of benzene rings is 1. The Morgan fingerprint density at radius 3 is 1.88 bits per heavy atom. The van der Waals surface area contributed by atoms with Crippen molar-refractivity contribution in [2.24, 2.45) is 5.73 Å². The van der Waals surface area contributed by atoms with Crippen LogP contribution >= 0.6 is 0 Å². The fourth-order valence-electron chi connectivity index (χ4n) is 2.94. The summed E-state index contributed by atoms with van der Waals surface area (Å²) in [6.07, 6.45) is 13.2. The van der Waals surface area contributed by atoms with Gasteiger partial charge in [-0.05, 0) is 24.1 Å². The average Bonchev–Trinajstić information content (AvgIpc) is 2.62. The molecular weight excluding hydrogens is 296 g/mol. The van der Waals surface area contributed by atoms with E-state index in [2.05, 4.69) is 6.92 Å². The van der Waals surface area contributed by atoms with Crippen molar-refractivity contribution >= 4 is 5.91 Å². The Kier molecular flexibility index (Phi) is 11.2. The molecule has 0 aliphatic heterocycles. The van der Waals surface area contributed by atoms with Gasteiger partial charge in [-0.1, -0.05) is 76.8 Å². The van der Waals surface area contributed by atoms with Gasteiger partial charge >= 0.3 is 0 Å². The first kappa shape index (κ1) is 20.7. The summed E-state index contributed by atoms with van der Waals surface area (Å²) >= 11 is 0. The third-order valence-corrected chi connectivity index (χ3v) is 4.63. The van der Waals surface area contributed by atoms with Crippen LogP contribution in [0.2, 0.25) is 0 Å². The zero-order valence-corrected chi connectivity index (χ0v) is 15.7. The summed E-state index contributed by atoms with van der Waals surface area (Å²) < 4.78 is 0. The van der Waals surface area contributed by atoms with Crippen molar-refractivity contribution < 1.29 is 4.79 Å². The Morgan fingerprint density at radius 1 is 0.875 bits per heavy atom. The molecule has 0 saturated carbocycles. The number of rotatable bonds is 13. The first-order valence-electron chi connectivity index (χ1n) is 9.73. The van der Waals surface area contributed by atoms with Crippen LogP contribution in [0.15, 0.2) is 24.3 Å². The lowest BCUT2D eigenvalue weighted by Gasteiger charge is -2.17. The van der Waals surface area contributed by atoms with Crippen LogP contribution in [-0.4, -0.2) is 24.4 Å². The van der Waals surface area contributed by atoms with E-state index >= 15 is 0 Å². The molecule has 1 rings (SSSR count). The van der Waals surface area contributed by atoms with Crippen molar-refractivity contribution in [3.8, 4) is 0 Å². The van der Waals surface area contributed by atoms with Gasteiger partial charge in [-0.3, -0.25) is 4.79 Å². The Bertz CT molecular complexity index is 442. The van der Waals surface area contributed by atoms with Crippen molar-refractivity contribution in [3.63, 3.8) is 0 Å². The van der Waals surface area contributed by atoms with Gasteiger partial charge < -0.3 is 10.6 Å². The second-order valence-corrected chi connectivity index (χ2v) is 6.81. The zero-order valence-electron chi connectivity index (χ0n) is 15.7. The molecule has 0 heterocycles. The first-order valence-corrected chi connectivity index (χ1v) is 9.73. The first-order chi connectivity index (χ1) is 11.7.